The lowest BCUT2D eigenvalue weighted by atomic mass is 10.1. The highest BCUT2D eigenvalue weighted by molar-refractivity contribution is 9.10. The minimum Gasteiger partial charge on any atom is -0.496 e. The smallest absolute Gasteiger partial charge is 0.189 e. The second-order valence-electron chi connectivity index (χ2n) is 6.89. The number of halogens is 1. The third-order valence-corrected chi connectivity index (χ3v) is 6.27. The van der Waals surface area contributed by atoms with Gasteiger partial charge >= 0.3 is 0 Å². The van der Waals surface area contributed by atoms with E-state index in [-0.39, 0.29) is 6.10 Å². The van der Waals surface area contributed by atoms with Gasteiger partial charge in [-0.1, -0.05) is 27.6 Å². The Balaban J connectivity index is 1.86. The molecule has 0 unspecified atom stereocenters. The molecule has 6 heteroatoms. The number of nitrogens with zero attached hydrogens (tertiary/aromatic N) is 2. The van der Waals surface area contributed by atoms with E-state index in [0.29, 0.717) is 6.54 Å². The Bertz CT molecular complexity index is 1020. The van der Waals surface area contributed by atoms with Crippen LogP contribution in [0.1, 0.15) is 18.4 Å². The van der Waals surface area contributed by atoms with Gasteiger partial charge in [0.15, 0.2) is 4.80 Å². The molecule has 4 nitrogen and oxygen atoms in total. The minimum atomic E-state index is 0.234. The van der Waals surface area contributed by atoms with E-state index in [1.54, 1.807) is 18.4 Å². The first-order valence-electron chi connectivity index (χ1n) is 9.39. The van der Waals surface area contributed by atoms with E-state index in [1.807, 2.05) is 6.07 Å². The summed E-state index contributed by atoms with van der Waals surface area (Å²) in [5.41, 5.74) is 4.43. The molecule has 0 saturated carbocycles. The molecule has 2 aromatic carbocycles. The number of methoxy groups -OCH3 is 1. The van der Waals surface area contributed by atoms with E-state index in [9.17, 15) is 0 Å². The van der Waals surface area contributed by atoms with Gasteiger partial charge in [0.05, 0.1) is 25.5 Å². The van der Waals surface area contributed by atoms with Gasteiger partial charge in [-0.15, -0.1) is 11.3 Å². The number of rotatable bonds is 5. The highest BCUT2D eigenvalue weighted by Crippen LogP contribution is 2.33. The molecule has 0 radical (unpaired) electrons. The Hall–Kier alpha value is -1.89. The summed E-state index contributed by atoms with van der Waals surface area (Å²) >= 11 is 5.18. The van der Waals surface area contributed by atoms with Gasteiger partial charge in [0.25, 0.3) is 0 Å². The molecular weight excluding hydrogens is 436 g/mol. The van der Waals surface area contributed by atoms with Crippen LogP contribution in [0.3, 0.4) is 0 Å². The summed E-state index contributed by atoms with van der Waals surface area (Å²) in [6.07, 6.45) is 2.45. The number of aromatic nitrogens is 1. The molecule has 0 N–H and O–H groups in total. The summed E-state index contributed by atoms with van der Waals surface area (Å²) in [5.74, 6) is 0.861. The molecule has 1 saturated heterocycles. The van der Waals surface area contributed by atoms with Crippen LogP contribution in [0, 0.1) is 6.92 Å². The van der Waals surface area contributed by atoms with Crippen LogP contribution in [0.2, 0.25) is 0 Å². The fraction of sp³-hybridized carbons (Fsp3) is 0.318. The molecule has 0 spiro atoms. The van der Waals surface area contributed by atoms with Crippen LogP contribution in [0.15, 0.2) is 57.3 Å². The zero-order chi connectivity index (χ0) is 19.5. The van der Waals surface area contributed by atoms with Crippen molar-refractivity contribution in [2.24, 2.45) is 4.99 Å². The summed E-state index contributed by atoms with van der Waals surface area (Å²) < 4.78 is 14.7. The van der Waals surface area contributed by atoms with Crippen LogP contribution >= 0.6 is 27.3 Å². The van der Waals surface area contributed by atoms with Crippen molar-refractivity contribution in [1.82, 2.24) is 4.57 Å². The number of benzene rings is 2. The highest BCUT2D eigenvalue weighted by Gasteiger charge is 2.17. The van der Waals surface area contributed by atoms with Gasteiger partial charge in [0.1, 0.15) is 5.75 Å². The van der Waals surface area contributed by atoms with E-state index in [4.69, 9.17) is 14.5 Å². The monoisotopic (exact) mass is 458 g/mol. The van der Waals surface area contributed by atoms with Gasteiger partial charge in [-0.3, -0.25) is 9.56 Å². The third kappa shape index (κ3) is 4.09. The summed E-state index contributed by atoms with van der Waals surface area (Å²) in [6.45, 7) is 3.65. The number of aryl methyl sites for hydroxylation is 1. The molecule has 3 aromatic rings. The molecule has 146 valence electrons. The molecule has 1 fully saturated rings. The lowest BCUT2D eigenvalue weighted by Gasteiger charge is -2.13. The lowest BCUT2D eigenvalue weighted by Crippen LogP contribution is -2.18. The maximum atomic E-state index is 5.76. The van der Waals surface area contributed by atoms with E-state index in [0.717, 1.165) is 51.4 Å². The fourth-order valence-electron chi connectivity index (χ4n) is 3.44. The van der Waals surface area contributed by atoms with Crippen LogP contribution < -0.4 is 9.54 Å². The molecule has 0 bridgehead atoms. The maximum Gasteiger partial charge on any atom is 0.189 e. The third-order valence-electron chi connectivity index (χ3n) is 4.88. The normalized spacial score (nSPS) is 17.2. The Kier molecular flexibility index (Phi) is 5.99. The maximum absolute atomic E-state index is 5.76. The standard InChI is InChI=1S/C22H23BrN2O2S/c1-15-5-10-21(26-2)19(12-15)20-14-28-22(24-13-18-4-3-11-27-18)25(20)17-8-6-16(23)7-9-17/h5-10,12,14,18H,3-4,11,13H2,1-2H3/t18-/m1/s1. The zero-order valence-electron chi connectivity index (χ0n) is 16.0. The van der Waals surface area contributed by atoms with Crippen molar-refractivity contribution in [1.29, 1.82) is 0 Å². The van der Waals surface area contributed by atoms with E-state index in [1.165, 1.54) is 5.56 Å². The van der Waals surface area contributed by atoms with Gasteiger partial charge in [-0.2, -0.15) is 0 Å². The van der Waals surface area contributed by atoms with Crippen LogP contribution in [0.4, 0.5) is 0 Å². The number of hydrogen-bond acceptors (Lipinski definition) is 4. The Morgan fingerprint density at radius 2 is 2.07 bits per heavy atom. The van der Waals surface area contributed by atoms with Crippen LogP contribution in [-0.4, -0.2) is 30.9 Å². The molecule has 1 aliphatic heterocycles. The number of hydrogen-bond donors (Lipinski definition) is 0. The molecule has 1 aliphatic rings. The predicted molar refractivity (Wildman–Crippen MR) is 117 cm³/mol. The quantitative estimate of drug-likeness (QED) is 0.515. The van der Waals surface area contributed by atoms with Gasteiger partial charge in [-0.05, 0) is 56.2 Å². The average Bonchev–Trinajstić information content (AvgIpc) is 3.36. The summed E-state index contributed by atoms with van der Waals surface area (Å²) in [4.78, 5) is 5.88. The van der Waals surface area contributed by atoms with Gasteiger partial charge in [0, 0.05) is 27.7 Å². The number of ether oxygens (including phenoxy) is 2. The van der Waals surface area contributed by atoms with Crippen LogP contribution in [-0.2, 0) is 4.74 Å². The molecule has 1 atom stereocenters. The molecule has 0 aliphatic carbocycles. The SMILES string of the molecule is COc1ccc(C)cc1-c1csc(=NC[C@H]2CCCO2)n1-c1ccc(Br)cc1. The minimum absolute atomic E-state index is 0.234. The highest BCUT2D eigenvalue weighted by atomic mass is 79.9. The van der Waals surface area contributed by atoms with E-state index >= 15 is 0 Å². The van der Waals surface area contributed by atoms with Crippen molar-refractivity contribution < 1.29 is 9.47 Å². The van der Waals surface area contributed by atoms with Crippen LogP contribution in [0.5, 0.6) is 5.75 Å². The summed E-state index contributed by atoms with van der Waals surface area (Å²) in [5, 5.41) is 2.16. The average molecular weight is 459 g/mol. The molecule has 0 amide bonds. The first-order chi connectivity index (χ1) is 13.7. The number of thiazole rings is 1. The molecule has 1 aromatic heterocycles. The van der Waals surface area contributed by atoms with Gasteiger partial charge in [0.2, 0.25) is 0 Å². The summed E-state index contributed by atoms with van der Waals surface area (Å²) in [7, 11) is 1.72. The van der Waals surface area contributed by atoms with Crippen molar-refractivity contribution in [2.75, 3.05) is 20.3 Å². The van der Waals surface area contributed by atoms with Crippen molar-refractivity contribution in [3.05, 3.63) is 62.7 Å². The molecular formula is C22H23BrN2O2S. The topological polar surface area (TPSA) is 35.8 Å². The lowest BCUT2D eigenvalue weighted by molar-refractivity contribution is 0.117. The molecule has 2 heterocycles. The predicted octanol–water partition coefficient (Wildman–Crippen LogP) is 5.37. The van der Waals surface area contributed by atoms with Crippen molar-refractivity contribution in [3.63, 3.8) is 0 Å². The van der Waals surface area contributed by atoms with Gasteiger partial charge < -0.3 is 9.47 Å². The fourth-order valence-corrected chi connectivity index (χ4v) is 4.61. The second kappa shape index (κ2) is 8.64. The summed E-state index contributed by atoms with van der Waals surface area (Å²) in [6, 6.07) is 14.6. The van der Waals surface area contributed by atoms with Crippen molar-refractivity contribution in [3.8, 4) is 22.7 Å². The first kappa shape index (κ1) is 19.4. The Morgan fingerprint density at radius 3 is 2.79 bits per heavy atom. The molecule has 28 heavy (non-hydrogen) atoms. The largest absolute Gasteiger partial charge is 0.496 e. The zero-order valence-corrected chi connectivity index (χ0v) is 18.4. The van der Waals surface area contributed by atoms with Gasteiger partial charge in [-0.25, -0.2) is 0 Å². The van der Waals surface area contributed by atoms with E-state index < -0.39 is 0 Å². The Morgan fingerprint density at radius 1 is 1.25 bits per heavy atom. The van der Waals surface area contributed by atoms with E-state index in [2.05, 4.69) is 69.2 Å². The second-order valence-corrected chi connectivity index (χ2v) is 8.65. The first-order valence-corrected chi connectivity index (χ1v) is 11.1. The van der Waals surface area contributed by atoms with Crippen molar-refractivity contribution >= 4 is 27.3 Å². The van der Waals surface area contributed by atoms with Crippen molar-refractivity contribution in [2.45, 2.75) is 25.9 Å². The van der Waals surface area contributed by atoms with Crippen LogP contribution in [0.25, 0.3) is 16.9 Å². The molecule has 4 rings (SSSR count). The Labute approximate surface area is 177 Å².